The molecular formula is C13H20N2O. The Morgan fingerprint density at radius 2 is 2.19 bits per heavy atom. The minimum Gasteiger partial charge on any atom is -0.507 e. The smallest absolute Gasteiger partial charge is 0.127 e. The lowest BCUT2D eigenvalue weighted by molar-refractivity contribution is 0.470. The number of nitrogens with one attached hydrogen (secondary N) is 1. The van der Waals surface area contributed by atoms with Crippen LogP contribution in [0.5, 0.6) is 5.75 Å². The molecule has 3 heteroatoms. The van der Waals surface area contributed by atoms with Crippen molar-refractivity contribution in [3.05, 3.63) is 29.3 Å². The molecule has 0 saturated heterocycles. The molecule has 3 nitrogen and oxygen atoms in total. The summed E-state index contributed by atoms with van der Waals surface area (Å²) in [5.41, 5.74) is 1.66. The van der Waals surface area contributed by atoms with E-state index in [9.17, 15) is 5.11 Å². The lowest BCUT2D eigenvalue weighted by Gasteiger charge is -2.05. The molecule has 1 aromatic rings. The summed E-state index contributed by atoms with van der Waals surface area (Å²) in [7, 11) is 0. The van der Waals surface area contributed by atoms with Gasteiger partial charge in [0, 0.05) is 24.4 Å². The quantitative estimate of drug-likeness (QED) is 0.589. The maximum atomic E-state index is 9.74. The van der Waals surface area contributed by atoms with Crippen molar-refractivity contribution in [1.29, 1.82) is 0 Å². The van der Waals surface area contributed by atoms with E-state index in [0.717, 1.165) is 24.2 Å². The minimum absolute atomic E-state index is 0.322. The summed E-state index contributed by atoms with van der Waals surface area (Å²) in [4.78, 5) is 4.27. The Morgan fingerprint density at radius 1 is 1.44 bits per heavy atom. The van der Waals surface area contributed by atoms with Crippen molar-refractivity contribution in [3.8, 4) is 5.75 Å². The number of phenolic OH excluding ortho intramolecular Hbond substituents is 1. The van der Waals surface area contributed by atoms with Crippen molar-refractivity contribution in [3.63, 3.8) is 0 Å². The third-order valence-electron chi connectivity index (χ3n) is 2.29. The van der Waals surface area contributed by atoms with E-state index in [1.165, 1.54) is 0 Å². The second-order valence-corrected chi connectivity index (χ2v) is 4.16. The highest BCUT2D eigenvalue weighted by Crippen LogP contribution is 2.19. The first-order valence-electron chi connectivity index (χ1n) is 5.63. The van der Waals surface area contributed by atoms with E-state index in [0.29, 0.717) is 11.8 Å². The predicted molar refractivity (Wildman–Crippen MR) is 68.4 cm³/mol. The van der Waals surface area contributed by atoms with Crippen molar-refractivity contribution >= 4 is 6.21 Å². The van der Waals surface area contributed by atoms with E-state index in [-0.39, 0.29) is 0 Å². The highest BCUT2D eigenvalue weighted by atomic mass is 16.3. The molecule has 0 aliphatic rings. The van der Waals surface area contributed by atoms with Crippen molar-refractivity contribution < 1.29 is 5.11 Å². The molecule has 0 aromatic heterocycles. The van der Waals surface area contributed by atoms with Crippen molar-refractivity contribution in [2.45, 2.75) is 26.8 Å². The second-order valence-electron chi connectivity index (χ2n) is 4.16. The highest BCUT2D eigenvalue weighted by Gasteiger charge is 1.99. The molecule has 0 spiro atoms. The molecule has 88 valence electrons. The van der Waals surface area contributed by atoms with Crippen LogP contribution in [0.3, 0.4) is 0 Å². The highest BCUT2D eigenvalue weighted by molar-refractivity contribution is 5.83. The van der Waals surface area contributed by atoms with E-state index < -0.39 is 0 Å². The maximum absolute atomic E-state index is 9.74. The van der Waals surface area contributed by atoms with Gasteiger partial charge in [-0.25, -0.2) is 0 Å². The standard InChI is InChI=1S/C13H20N2O/c1-10(2)15-8-7-14-9-12-6-4-5-11(3)13(12)16/h4-6,9-10,15-16H,7-8H2,1-3H3. The number of aromatic hydroxyl groups is 1. The summed E-state index contributed by atoms with van der Waals surface area (Å²) >= 11 is 0. The zero-order chi connectivity index (χ0) is 12.0. The maximum Gasteiger partial charge on any atom is 0.127 e. The number of aryl methyl sites for hydroxylation is 1. The Morgan fingerprint density at radius 3 is 2.88 bits per heavy atom. The molecule has 0 unspecified atom stereocenters. The molecule has 1 rings (SSSR count). The van der Waals surface area contributed by atoms with E-state index in [1.54, 1.807) is 6.21 Å². The number of rotatable bonds is 5. The predicted octanol–water partition coefficient (Wildman–Crippen LogP) is 2.12. The topological polar surface area (TPSA) is 44.6 Å². The van der Waals surface area contributed by atoms with E-state index in [2.05, 4.69) is 24.2 Å². The fourth-order valence-corrected chi connectivity index (χ4v) is 1.37. The Balaban J connectivity index is 2.47. The SMILES string of the molecule is Cc1cccc(C=NCCNC(C)C)c1O. The summed E-state index contributed by atoms with van der Waals surface area (Å²) in [5.74, 6) is 0.322. The molecular weight excluding hydrogens is 200 g/mol. The molecule has 1 aromatic carbocycles. The molecule has 2 N–H and O–H groups in total. The fraction of sp³-hybridized carbons (Fsp3) is 0.462. The van der Waals surface area contributed by atoms with Crippen LogP contribution in [-0.2, 0) is 0 Å². The molecule has 0 bridgehead atoms. The van der Waals surface area contributed by atoms with Gasteiger partial charge in [0.1, 0.15) is 5.75 Å². The van der Waals surface area contributed by atoms with Gasteiger partial charge in [0.15, 0.2) is 0 Å². The van der Waals surface area contributed by atoms with Crippen molar-refractivity contribution in [2.75, 3.05) is 13.1 Å². The number of aliphatic imine (C=N–C) groups is 1. The third-order valence-corrected chi connectivity index (χ3v) is 2.29. The number of hydrogen-bond donors (Lipinski definition) is 2. The van der Waals surface area contributed by atoms with Gasteiger partial charge in [0.2, 0.25) is 0 Å². The summed E-state index contributed by atoms with van der Waals surface area (Å²) in [6.45, 7) is 7.69. The first kappa shape index (κ1) is 12.7. The molecule has 0 aliphatic heterocycles. The molecule has 0 fully saturated rings. The van der Waals surface area contributed by atoms with Crippen LogP contribution in [0.25, 0.3) is 0 Å². The Bertz CT molecular complexity index is 359. The first-order chi connectivity index (χ1) is 7.61. The van der Waals surface area contributed by atoms with Gasteiger partial charge in [-0.05, 0) is 18.6 Å². The molecule has 16 heavy (non-hydrogen) atoms. The average Bonchev–Trinajstić information content (AvgIpc) is 2.23. The van der Waals surface area contributed by atoms with Crippen LogP contribution in [0.1, 0.15) is 25.0 Å². The Labute approximate surface area is 97.2 Å². The van der Waals surface area contributed by atoms with E-state index in [4.69, 9.17) is 0 Å². The van der Waals surface area contributed by atoms with Crippen molar-refractivity contribution in [2.24, 2.45) is 4.99 Å². The van der Waals surface area contributed by atoms with Gasteiger partial charge in [-0.15, -0.1) is 0 Å². The number of phenols is 1. The van der Waals surface area contributed by atoms with Crippen LogP contribution in [0.2, 0.25) is 0 Å². The van der Waals surface area contributed by atoms with Crippen LogP contribution in [0, 0.1) is 6.92 Å². The monoisotopic (exact) mass is 220 g/mol. The number of hydrogen-bond acceptors (Lipinski definition) is 3. The number of nitrogens with zero attached hydrogens (tertiary/aromatic N) is 1. The van der Waals surface area contributed by atoms with E-state index in [1.807, 2.05) is 25.1 Å². The van der Waals surface area contributed by atoms with Gasteiger partial charge >= 0.3 is 0 Å². The minimum atomic E-state index is 0.322. The van der Waals surface area contributed by atoms with Crippen LogP contribution < -0.4 is 5.32 Å². The van der Waals surface area contributed by atoms with Crippen LogP contribution in [0.4, 0.5) is 0 Å². The second kappa shape index (κ2) is 6.28. The van der Waals surface area contributed by atoms with Gasteiger partial charge in [-0.2, -0.15) is 0 Å². The molecule has 0 radical (unpaired) electrons. The number of benzene rings is 1. The lowest BCUT2D eigenvalue weighted by Crippen LogP contribution is -2.25. The third kappa shape index (κ3) is 4.03. The summed E-state index contributed by atoms with van der Waals surface area (Å²) in [5, 5.41) is 13.0. The Hall–Kier alpha value is -1.35. The Kier molecular flexibility index (Phi) is 4.99. The fourth-order valence-electron chi connectivity index (χ4n) is 1.37. The van der Waals surface area contributed by atoms with Gasteiger partial charge in [0.25, 0.3) is 0 Å². The average molecular weight is 220 g/mol. The normalized spacial score (nSPS) is 11.5. The lowest BCUT2D eigenvalue weighted by atomic mass is 10.1. The number of para-hydroxylation sites is 1. The van der Waals surface area contributed by atoms with Gasteiger partial charge in [-0.1, -0.05) is 26.0 Å². The molecule has 0 amide bonds. The largest absolute Gasteiger partial charge is 0.507 e. The van der Waals surface area contributed by atoms with Crippen LogP contribution >= 0.6 is 0 Å². The molecule has 0 heterocycles. The van der Waals surface area contributed by atoms with Gasteiger partial charge in [0.05, 0.1) is 6.54 Å². The zero-order valence-corrected chi connectivity index (χ0v) is 10.2. The van der Waals surface area contributed by atoms with Crippen molar-refractivity contribution in [1.82, 2.24) is 5.32 Å². The summed E-state index contributed by atoms with van der Waals surface area (Å²) in [6.07, 6.45) is 1.73. The zero-order valence-electron chi connectivity index (χ0n) is 10.2. The summed E-state index contributed by atoms with van der Waals surface area (Å²) < 4.78 is 0. The molecule has 0 atom stereocenters. The van der Waals surface area contributed by atoms with Crippen LogP contribution in [-0.4, -0.2) is 30.5 Å². The van der Waals surface area contributed by atoms with Gasteiger partial charge in [-0.3, -0.25) is 4.99 Å². The molecule has 0 saturated carbocycles. The summed E-state index contributed by atoms with van der Waals surface area (Å²) in [6, 6.07) is 6.15. The van der Waals surface area contributed by atoms with E-state index >= 15 is 0 Å². The first-order valence-corrected chi connectivity index (χ1v) is 5.63. The molecule has 0 aliphatic carbocycles. The van der Waals surface area contributed by atoms with Gasteiger partial charge < -0.3 is 10.4 Å². The van der Waals surface area contributed by atoms with Crippen LogP contribution in [0.15, 0.2) is 23.2 Å².